The number of carbonyl (C=O) groups is 2. The van der Waals surface area contributed by atoms with Crippen molar-refractivity contribution in [3.8, 4) is 23.0 Å². The molecule has 1 heterocycles. The minimum atomic E-state index is -0.786. The Morgan fingerprint density at radius 3 is 2.00 bits per heavy atom. The Hall–Kier alpha value is -4.00. The number of hydrogen-bond acceptors (Lipinski definition) is 5. The summed E-state index contributed by atoms with van der Waals surface area (Å²) in [5, 5.41) is 5.10. The second kappa shape index (κ2) is 8.35. The number of fused-ring (bicyclic) bond motifs is 1. The van der Waals surface area contributed by atoms with Crippen molar-refractivity contribution in [2.75, 3.05) is 23.8 Å². The van der Waals surface area contributed by atoms with E-state index in [2.05, 4.69) is 10.6 Å². The molecule has 0 saturated heterocycles. The molecule has 0 atom stereocenters. The van der Waals surface area contributed by atoms with Crippen LogP contribution in [0.25, 0.3) is 0 Å². The Bertz CT molecular complexity index is 1020. The summed E-state index contributed by atoms with van der Waals surface area (Å²) in [6, 6.07) is 21.0. The van der Waals surface area contributed by atoms with Crippen molar-refractivity contribution in [2.24, 2.45) is 0 Å². The molecule has 0 aliphatic carbocycles. The first-order valence-corrected chi connectivity index (χ1v) is 9.02. The van der Waals surface area contributed by atoms with Crippen molar-refractivity contribution in [3.05, 3.63) is 72.8 Å². The van der Waals surface area contributed by atoms with Crippen LogP contribution in [0, 0.1) is 0 Å². The lowest BCUT2D eigenvalue weighted by Crippen LogP contribution is -2.29. The SMILES string of the molecule is O=C(Nc1ccc(Oc2ccccc2)cc1)C(=O)Nc1ccc2c(c1)OCCO2. The average molecular weight is 390 g/mol. The summed E-state index contributed by atoms with van der Waals surface area (Å²) < 4.78 is 16.6. The van der Waals surface area contributed by atoms with E-state index in [1.54, 1.807) is 42.5 Å². The van der Waals surface area contributed by atoms with E-state index in [0.717, 1.165) is 0 Å². The smallest absolute Gasteiger partial charge is 0.314 e. The first kappa shape index (κ1) is 18.4. The normalized spacial score (nSPS) is 12.0. The molecule has 7 heteroatoms. The van der Waals surface area contributed by atoms with Crippen LogP contribution in [0.3, 0.4) is 0 Å². The molecule has 7 nitrogen and oxygen atoms in total. The number of carbonyl (C=O) groups excluding carboxylic acids is 2. The zero-order valence-corrected chi connectivity index (χ0v) is 15.4. The van der Waals surface area contributed by atoms with Gasteiger partial charge in [0.25, 0.3) is 0 Å². The Balaban J connectivity index is 1.34. The monoisotopic (exact) mass is 390 g/mol. The summed E-state index contributed by atoms with van der Waals surface area (Å²) in [5.41, 5.74) is 0.925. The van der Waals surface area contributed by atoms with E-state index in [4.69, 9.17) is 14.2 Å². The molecule has 1 aliphatic heterocycles. The molecule has 0 radical (unpaired) electrons. The molecule has 0 spiro atoms. The maximum absolute atomic E-state index is 12.2. The maximum Gasteiger partial charge on any atom is 0.314 e. The van der Waals surface area contributed by atoms with Crippen LogP contribution in [0.1, 0.15) is 0 Å². The van der Waals surface area contributed by atoms with E-state index in [1.807, 2.05) is 30.3 Å². The molecule has 4 rings (SSSR count). The molecule has 146 valence electrons. The molecule has 2 N–H and O–H groups in total. The molecule has 0 aromatic heterocycles. The molecule has 29 heavy (non-hydrogen) atoms. The fourth-order valence-corrected chi connectivity index (χ4v) is 2.73. The van der Waals surface area contributed by atoms with Gasteiger partial charge in [0.2, 0.25) is 0 Å². The second-order valence-corrected chi connectivity index (χ2v) is 6.21. The summed E-state index contributed by atoms with van der Waals surface area (Å²) in [4.78, 5) is 24.3. The highest BCUT2D eigenvalue weighted by Gasteiger charge is 2.17. The molecule has 0 fully saturated rings. The van der Waals surface area contributed by atoms with Gasteiger partial charge < -0.3 is 24.8 Å². The van der Waals surface area contributed by atoms with Gasteiger partial charge in [0.05, 0.1) is 0 Å². The highest BCUT2D eigenvalue weighted by atomic mass is 16.6. The second-order valence-electron chi connectivity index (χ2n) is 6.21. The van der Waals surface area contributed by atoms with Crippen molar-refractivity contribution in [2.45, 2.75) is 0 Å². The molecule has 2 amide bonds. The fraction of sp³-hybridized carbons (Fsp3) is 0.0909. The van der Waals surface area contributed by atoms with Gasteiger partial charge >= 0.3 is 11.8 Å². The summed E-state index contributed by atoms with van der Waals surface area (Å²) in [5.74, 6) is 0.904. The third-order valence-electron chi connectivity index (χ3n) is 4.10. The van der Waals surface area contributed by atoms with Crippen LogP contribution in [0.5, 0.6) is 23.0 Å². The highest BCUT2D eigenvalue weighted by molar-refractivity contribution is 6.43. The van der Waals surface area contributed by atoms with Crippen molar-refractivity contribution in [1.82, 2.24) is 0 Å². The van der Waals surface area contributed by atoms with Gasteiger partial charge in [-0.2, -0.15) is 0 Å². The van der Waals surface area contributed by atoms with E-state index in [-0.39, 0.29) is 0 Å². The third kappa shape index (κ3) is 4.65. The highest BCUT2D eigenvalue weighted by Crippen LogP contribution is 2.32. The van der Waals surface area contributed by atoms with Gasteiger partial charge in [-0.15, -0.1) is 0 Å². The predicted molar refractivity (Wildman–Crippen MR) is 108 cm³/mol. The van der Waals surface area contributed by atoms with Crippen LogP contribution in [0.4, 0.5) is 11.4 Å². The van der Waals surface area contributed by atoms with Gasteiger partial charge in [-0.05, 0) is 48.5 Å². The van der Waals surface area contributed by atoms with Crippen molar-refractivity contribution < 1.29 is 23.8 Å². The molecule has 3 aromatic carbocycles. The number of anilines is 2. The van der Waals surface area contributed by atoms with Gasteiger partial charge in [0, 0.05) is 17.4 Å². The average Bonchev–Trinajstić information content (AvgIpc) is 2.76. The molecule has 0 unspecified atom stereocenters. The van der Waals surface area contributed by atoms with Gasteiger partial charge in [-0.25, -0.2) is 0 Å². The topological polar surface area (TPSA) is 85.9 Å². The molecule has 1 aliphatic rings. The van der Waals surface area contributed by atoms with E-state index < -0.39 is 11.8 Å². The number of para-hydroxylation sites is 1. The number of ether oxygens (including phenoxy) is 3. The van der Waals surface area contributed by atoms with Crippen molar-refractivity contribution in [1.29, 1.82) is 0 Å². The number of nitrogens with one attached hydrogen (secondary N) is 2. The number of hydrogen-bond donors (Lipinski definition) is 2. The van der Waals surface area contributed by atoms with E-state index in [9.17, 15) is 9.59 Å². The van der Waals surface area contributed by atoms with Crippen molar-refractivity contribution >= 4 is 23.2 Å². The first-order valence-electron chi connectivity index (χ1n) is 9.02. The Morgan fingerprint density at radius 2 is 1.28 bits per heavy atom. The van der Waals surface area contributed by atoms with Crippen LogP contribution in [-0.4, -0.2) is 25.0 Å². The standard InChI is InChI=1S/C22H18N2O5/c25-21(22(26)24-16-8-11-19-20(14-16)28-13-12-27-19)23-15-6-9-18(10-7-15)29-17-4-2-1-3-5-17/h1-11,14H,12-13H2,(H,23,25)(H,24,26). The minimum absolute atomic E-state index is 0.439. The lowest BCUT2D eigenvalue weighted by molar-refractivity contribution is -0.133. The lowest BCUT2D eigenvalue weighted by Gasteiger charge is -2.18. The largest absolute Gasteiger partial charge is 0.486 e. The van der Waals surface area contributed by atoms with Crippen LogP contribution < -0.4 is 24.8 Å². The van der Waals surface area contributed by atoms with Crippen molar-refractivity contribution in [3.63, 3.8) is 0 Å². The van der Waals surface area contributed by atoms with E-state index in [1.165, 1.54) is 0 Å². The fourth-order valence-electron chi connectivity index (χ4n) is 2.73. The number of amides is 2. The number of rotatable bonds is 4. The summed E-state index contributed by atoms with van der Waals surface area (Å²) in [7, 11) is 0. The van der Waals surface area contributed by atoms with E-state index >= 15 is 0 Å². The van der Waals surface area contributed by atoms with Crippen LogP contribution in [-0.2, 0) is 9.59 Å². The van der Waals surface area contributed by atoms with E-state index in [0.29, 0.717) is 47.6 Å². The zero-order chi connectivity index (χ0) is 20.1. The summed E-state index contributed by atoms with van der Waals surface area (Å²) in [6.07, 6.45) is 0. The zero-order valence-electron chi connectivity index (χ0n) is 15.4. The minimum Gasteiger partial charge on any atom is -0.486 e. The molecule has 0 bridgehead atoms. The maximum atomic E-state index is 12.2. The molecular weight excluding hydrogens is 372 g/mol. The lowest BCUT2D eigenvalue weighted by atomic mass is 10.2. The summed E-state index contributed by atoms with van der Waals surface area (Å²) >= 11 is 0. The number of benzene rings is 3. The molecule has 0 saturated carbocycles. The summed E-state index contributed by atoms with van der Waals surface area (Å²) in [6.45, 7) is 0.922. The van der Waals surface area contributed by atoms with Gasteiger partial charge in [-0.1, -0.05) is 18.2 Å². The Kier molecular flexibility index (Phi) is 5.29. The predicted octanol–water partition coefficient (Wildman–Crippen LogP) is 3.83. The van der Waals surface area contributed by atoms with Crippen LogP contribution in [0.2, 0.25) is 0 Å². The van der Waals surface area contributed by atoms with Gasteiger partial charge in [0.15, 0.2) is 11.5 Å². The van der Waals surface area contributed by atoms with Gasteiger partial charge in [0.1, 0.15) is 24.7 Å². The van der Waals surface area contributed by atoms with Crippen LogP contribution in [0.15, 0.2) is 72.8 Å². The Labute approximate surface area is 167 Å². The molecular formula is C22H18N2O5. The molecule has 3 aromatic rings. The quantitative estimate of drug-likeness (QED) is 0.662. The van der Waals surface area contributed by atoms with Crippen LogP contribution >= 0.6 is 0 Å². The Morgan fingerprint density at radius 1 is 0.690 bits per heavy atom. The van der Waals surface area contributed by atoms with Gasteiger partial charge in [-0.3, -0.25) is 9.59 Å². The third-order valence-corrected chi connectivity index (χ3v) is 4.10. The first-order chi connectivity index (χ1) is 14.2.